The van der Waals surface area contributed by atoms with Gasteiger partial charge in [0.25, 0.3) is 0 Å². The molecule has 0 aliphatic heterocycles. The third-order valence-corrected chi connectivity index (χ3v) is 2.42. The molecule has 2 N–H and O–H groups in total. The number of nitrogens with two attached hydrogens (primary N) is 1. The molecule has 2 nitrogen and oxygen atoms in total. The van der Waals surface area contributed by atoms with E-state index in [1.807, 2.05) is 6.92 Å². The summed E-state index contributed by atoms with van der Waals surface area (Å²) >= 11 is 0. The predicted molar refractivity (Wildman–Crippen MR) is 55.7 cm³/mol. The Hall–Kier alpha value is -0.290. The Bertz CT molecular complexity index is 159. The smallest absolute Gasteiger partial charge is 0.328 e. The summed E-state index contributed by atoms with van der Waals surface area (Å²) in [6.45, 7) is 2.77. The van der Waals surface area contributed by atoms with Crippen molar-refractivity contribution in [2.45, 2.75) is 44.8 Å². The summed E-state index contributed by atoms with van der Waals surface area (Å²) in [5.74, 6) is 0. The first-order chi connectivity index (χ1) is 6.85. The zero-order chi connectivity index (χ0) is 11.9. The van der Waals surface area contributed by atoms with Gasteiger partial charge in [0.15, 0.2) is 0 Å². The van der Waals surface area contributed by atoms with Gasteiger partial charge in [0.2, 0.25) is 0 Å². The summed E-state index contributed by atoms with van der Waals surface area (Å²) in [6.07, 6.45) is -2.11. The summed E-state index contributed by atoms with van der Waals surface area (Å²) in [4.78, 5) is 1.70. The first kappa shape index (κ1) is 14.7. The van der Waals surface area contributed by atoms with Gasteiger partial charge in [0.05, 0.1) is 6.42 Å². The van der Waals surface area contributed by atoms with E-state index >= 15 is 0 Å². The van der Waals surface area contributed by atoms with Crippen molar-refractivity contribution in [2.24, 2.45) is 5.73 Å². The van der Waals surface area contributed by atoms with E-state index in [1.165, 1.54) is 0 Å². The highest BCUT2D eigenvalue weighted by atomic mass is 19.4. The van der Waals surface area contributed by atoms with Crippen LogP contribution in [0, 0.1) is 0 Å². The summed E-state index contributed by atoms with van der Waals surface area (Å²) in [6, 6.07) is 0.181. The number of hydrogen-bond acceptors (Lipinski definition) is 2. The number of nitrogens with zero attached hydrogens (tertiary/aromatic N) is 1. The Morgan fingerprint density at radius 3 is 2.33 bits per heavy atom. The molecule has 0 spiro atoms. The molecule has 0 aromatic heterocycles. The Morgan fingerprint density at radius 2 is 1.87 bits per heavy atom. The van der Waals surface area contributed by atoms with Gasteiger partial charge in [-0.15, -0.1) is 0 Å². The molecule has 1 unspecified atom stereocenters. The largest absolute Gasteiger partial charge is 0.390 e. The molecule has 0 amide bonds. The standard InChI is InChI=1S/C10H21F3N2/c1-3-9(14)5-4-7-15(2)8-6-10(11,12)13/h9H,3-8,14H2,1-2H3. The van der Waals surface area contributed by atoms with Crippen molar-refractivity contribution in [3.8, 4) is 0 Å². The first-order valence-electron chi connectivity index (χ1n) is 5.36. The Labute approximate surface area is 89.6 Å². The van der Waals surface area contributed by atoms with Crippen LogP contribution in [0.5, 0.6) is 0 Å². The van der Waals surface area contributed by atoms with Gasteiger partial charge in [0.1, 0.15) is 0 Å². The monoisotopic (exact) mass is 226 g/mol. The number of halogens is 3. The van der Waals surface area contributed by atoms with Crippen molar-refractivity contribution in [1.82, 2.24) is 4.90 Å². The second-order valence-electron chi connectivity index (χ2n) is 3.98. The zero-order valence-electron chi connectivity index (χ0n) is 9.48. The van der Waals surface area contributed by atoms with Crippen molar-refractivity contribution >= 4 is 0 Å². The molecule has 0 aliphatic rings. The molecule has 0 fully saturated rings. The van der Waals surface area contributed by atoms with Crippen LogP contribution >= 0.6 is 0 Å². The second-order valence-corrected chi connectivity index (χ2v) is 3.98. The van der Waals surface area contributed by atoms with Crippen LogP contribution in [0.4, 0.5) is 13.2 Å². The maximum Gasteiger partial charge on any atom is 0.390 e. The minimum atomic E-state index is -4.05. The molecular formula is C10H21F3N2. The molecular weight excluding hydrogens is 205 g/mol. The third kappa shape index (κ3) is 10.0. The van der Waals surface area contributed by atoms with Crippen LogP contribution in [0.1, 0.15) is 32.6 Å². The molecule has 15 heavy (non-hydrogen) atoms. The van der Waals surface area contributed by atoms with Crippen LogP contribution in [0.25, 0.3) is 0 Å². The molecule has 0 saturated heterocycles. The molecule has 0 bridgehead atoms. The molecule has 1 atom stereocenters. The Morgan fingerprint density at radius 1 is 1.27 bits per heavy atom. The van der Waals surface area contributed by atoms with Crippen molar-refractivity contribution in [1.29, 1.82) is 0 Å². The maximum absolute atomic E-state index is 11.9. The zero-order valence-corrected chi connectivity index (χ0v) is 9.48. The van der Waals surface area contributed by atoms with Crippen LogP contribution in [0.2, 0.25) is 0 Å². The van der Waals surface area contributed by atoms with E-state index in [0.717, 1.165) is 19.3 Å². The van der Waals surface area contributed by atoms with E-state index in [9.17, 15) is 13.2 Å². The maximum atomic E-state index is 11.9. The molecule has 0 rings (SSSR count). The lowest BCUT2D eigenvalue weighted by Gasteiger charge is -2.18. The molecule has 0 saturated carbocycles. The average Bonchev–Trinajstić information content (AvgIpc) is 2.13. The second kappa shape index (κ2) is 7.06. The minimum absolute atomic E-state index is 0.0743. The van der Waals surface area contributed by atoms with E-state index in [-0.39, 0.29) is 12.6 Å². The van der Waals surface area contributed by atoms with Gasteiger partial charge < -0.3 is 10.6 Å². The van der Waals surface area contributed by atoms with Crippen LogP contribution < -0.4 is 5.73 Å². The van der Waals surface area contributed by atoms with Gasteiger partial charge in [-0.05, 0) is 32.9 Å². The number of alkyl halides is 3. The third-order valence-electron chi connectivity index (χ3n) is 2.42. The van der Waals surface area contributed by atoms with Gasteiger partial charge in [-0.1, -0.05) is 6.92 Å². The van der Waals surface area contributed by atoms with Crippen LogP contribution in [-0.4, -0.2) is 37.3 Å². The summed E-state index contributed by atoms with van der Waals surface area (Å²) in [7, 11) is 1.71. The minimum Gasteiger partial charge on any atom is -0.328 e. The fourth-order valence-corrected chi connectivity index (χ4v) is 1.26. The van der Waals surface area contributed by atoms with Gasteiger partial charge >= 0.3 is 6.18 Å². The molecule has 92 valence electrons. The first-order valence-corrected chi connectivity index (χ1v) is 5.36. The fraction of sp³-hybridized carbons (Fsp3) is 1.00. The predicted octanol–water partition coefficient (Wildman–Crippen LogP) is 2.39. The SMILES string of the molecule is CCC(N)CCCN(C)CCC(F)(F)F. The van der Waals surface area contributed by atoms with E-state index in [4.69, 9.17) is 5.73 Å². The van der Waals surface area contributed by atoms with Gasteiger partial charge in [-0.3, -0.25) is 0 Å². The van der Waals surface area contributed by atoms with Gasteiger partial charge in [0, 0.05) is 12.6 Å². The molecule has 0 aromatic carbocycles. The Balaban J connectivity index is 3.45. The summed E-state index contributed by atoms with van der Waals surface area (Å²) in [5.41, 5.74) is 5.70. The molecule has 0 aliphatic carbocycles. The fourth-order valence-electron chi connectivity index (χ4n) is 1.26. The van der Waals surface area contributed by atoms with Gasteiger partial charge in [-0.25, -0.2) is 0 Å². The normalized spacial score (nSPS) is 14.6. The Kier molecular flexibility index (Phi) is 6.92. The van der Waals surface area contributed by atoms with E-state index < -0.39 is 12.6 Å². The van der Waals surface area contributed by atoms with Gasteiger partial charge in [-0.2, -0.15) is 13.2 Å². The van der Waals surface area contributed by atoms with Crippen molar-refractivity contribution in [3.05, 3.63) is 0 Å². The topological polar surface area (TPSA) is 29.3 Å². The lowest BCUT2D eigenvalue weighted by Crippen LogP contribution is -2.27. The van der Waals surface area contributed by atoms with E-state index in [0.29, 0.717) is 6.54 Å². The number of hydrogen-bond donors (Lipinski definition) is 1. The molecule has 0 aromatic rings. The van der Waals surface area contributed by atoms with Crippen LogP contribution in [0.15, 0.2) is 0 Å². The van der Waals surface area contributed by atoms with Crippen molar-refractivity contribution in [2.75, 3.05) is 20.1 Å². The van der Waals surface area contributed by atoms with Crippen molar-refractivity contribution in [3.63, 3.8) is 0 Å². The highest BCUT2D eigenvalue weighted by molar-refractivity contribution is 4.61. The molecule has 0 heterocycles. The molecule has 0 radical (unpaired) electrons. The average molecular weight is 226 g/mol. The van der Waals surface area contributed by atoms with E-state index in [2.05, 4.69) is 0 Å². The van der Waals surface area contributed by atoms with Crippen LogP contribution in [-0.2, 0) is 0 Å². The summed E-state index contributed by atoms with van der Waals surface area (Å²) < 4.78 is 35.6. The highest BCUT2D eigenvalue weighted by Gasteiger charge is 2.26. The summed E-state index contributed by atoms with van der Waals surface area (Å²) in [5, 5.41) is 0. The lowest BCUT2D eigenvalue weighted by molar-refractivity contribution is -0.137. The molecule has 5 heteroatoms. The number of rotatable bonds is 7. The quantitative estimate of drug-likeness (QED) is 0.722. The van der Waals surface area contributed by atoms with E-state index in [1.54, 1.807) is 11.9 Å². The highest BCUT2D eigenvalue weighted by Crippen LogP contribution is 2.19. The van der Waals surface area contributed by atoms with Crippen molar-refractivity contribution < 1.29 is 13.2 Å². The van der Waals surface area contributed by atoms with Crippen LogP contribution in [0.3, 0.4) is 0 Å². The lowest BCUT2D eigenvalue weighted by atomic mass is 10.1.